The summed E-state index contributed by atoms with van der Waals surface area (Å²) in [6.45, 7) is 0.887. The summed E-state index contributed by atoms with van der Waals surface area (Å²) in [5, 5.41) is 0. The molecule has 0 spiro atoms. The number of rotatable bonds is 1. The monoisotopic (exact) mass is 258 g/mol. The molecule has 1 aliphatic heterocycles. The second kappa shape index (κ2) is 5.24. The lowest BCUT2D eigenvalue weighted by Crippen LogP contribution is -2.41. The van der Waals surface area contributed by atoms with Crippen molar-refractivity contribution in [2.24, 2.45) is 0 Å². The van der Waals surface area contributed by atoms with E-state index >= 15 is 0 Å². The average Bonchev–Trinajstić information content (AvgIpc) is 2.60. The van der Waals surface area contributed by atoms with E-state index in [4.69, 9.17) is 5.73 Å². The van der Waals surface area contributed by atoms with Gasteiger partial charge in [0, 0.05) is 18.3 Å². The third-order valence-electron chi connectivity index (χ3n) is 4.52. The van der Waals surface area contributed by atoms with Gasteiger partial charge in [0.15, 0.2) is 0 Å². The van der Waals surface area contributed by atoms with Gasteiger partial charge in [-0.3, -0.25) is 4.79 Å². The Hall–Kier alpha value is -1.51. The summed E-state index contributed by atoms with van der Waals surface area (Å²) in [6, 6.07) is 6.29. The van der Waals surface area contributed by atoms with Gasteiger partial charge in [0.25, 0.3) is 5.91 Å². The molecule has 1 aliphatic carbocycles. The second-order valence-electron chi connectivity index (χ2n) is 5.78. The minimum absolute atomic E-state index is 0.164. The molecule has 0 aromatic heterocycles. The third kappa shape index (κ3) is 2.34. The van der Waals surface area contributed by atoms with Crippen molar-refractivity contribution >= 4 is 11.6 Å². The molecule has 0 radical (unpaired) electrons. The fraction of sp³-hybridized carbons (Fsp3) is 0.562. The Balaban J connectivity index is 1.92. The fourth-order valence-electron chi connectivity index (χ4n) is 3.52. The van der Waals surface area contributed by atoms with Crippen LogP contribution in [0.2, 0.25) is 0 Å². The Morgan fingerprint density at radius 1 is 1.11 bits per heavy atom. The van der Waals surface area contributed by atoms with Crippen LogP contribution in [0.25, 0.3) is 0 Å². The first kappa shape index (κ1) is 12.5. The molecule has 3 heteroatoms. The first-order chi connectivity index (χ1) is 9.27. The van der Waals surface area contributed by atoms with Gasteiger partial charge in [-0.1, -0.05) is 31.4 Å². The van der Waals surface area contributed by atoms with Crippen molar-refractivity contribution in [2.45, 2.75) is 51.0 Å². The first-order valence-electron chi connectivity index (χ1n) is 7.45. The van der Waals surface area contributed by atoms with Gasteiger partial charge in [0.05, 0.1) is 5.56 Å². The quantitative estimate of drug-likeness (QED) is 0.787. The van der Waals surface area contributed by atoms with Crippen molar-refractivity contribution in [3.05, 3.63) is 29.3 Å². The molecule has 1 saturated carbocycles. The van der Waals surface area contributed by atoms with Crippen molar-refractivity contribution in [3.8, 4) is 0 Å². The van der Waals surface area contributed by atoms with E-state index in [1.807, 2.05) is 18.2 Å². The Bertz CT molecular complexity index is 478. The molecule has 1 aromatic carbocycles. The SMILES string of the molecule is Nc1cccc2c1C(=O)N(C1CCCCC1)CCC2. The number of nitrogens with zero attached hydrogens (tertiary/aromatic N) is 1. The number of aryl methyl sites for hydroxylation is 1. The number of hydrogen-bond donors (Lipinski definition) is 1. The summed E-state index contributed by atoms with van der Waals surface area (Å²) in [7, 11) is 0. The Morgan fingerprint density at radius 2 is 1.89 bits per heavy atom. The summed E-state index contributed by atoms with van der Waals surface area (Å²) in [5.41, 5.74) is 8.59. The molecule has 1 heterocycles. The molecular weight excluding hydrogens is 236 g/mol. The number of carbonyl (C=O) groups is 1. The molecule has 0 bridgehead atoms. The fourth-order valence-corrected chi connectivity index (χ4v) is 3.52. The normalized spacial score (nSPS) is 21.1. The highest BCUT2D eigenvalue weighted by Gasteiger charge is 2.30. The van der Waals surface area contributed by atoms with Crippen LogP contribution in [0, 0.1) is 0 Å². The average molecular weight is 258 g/mol. The predicted octanol–water partition coefficient (Wildman–Crippen LogP) is 2.99. The number of nitrogens with two attached hydrogens (primary N) is 1. The van der Waals surface area contributed by atoms with Crippen molar-refractivity contribution in [1.82, 2.24) is 4.90 Å². The molecule has 3 nitrogen and oxygen atoms in total. The van der Waals surface area contributed by atoms with Gasteiger partial charge < -0.3 is 10.6 Å². The number of nitrogen functional groups attached to an aromatic ring is 1. The van der Waals surface area contributed by atoms with E-state index in [1.54, 1.807) is 0 Å². The van der Waals surface area contributed by atoms with Crippen LogP contribution < -0.4 is 5.73 Å². The lowest BCUT2D eigenvalue weighted by molar-refractivity contribution is 0.0642. The summed E-state index contributed by atoms with van der Waals surface area (Å²) < 4.78 is 0. The summed E-state index contributed by atoms with van der Waals surface area (Å²) in [4.78, 5) is 14.9. The van der Waals surface area contributed by atoms with Gasteiger partial charge in [-0.25, -0.2) is 0 Å². The van der Waals surface area contributed by atoms with Gasteiger partial charge in [0.2, 0.25) is 0 Å². The molecule has 19 heavy (non-hydrogen) atoms. The van der Waals surface area contributed by atoms with Crippen LogP contribution in [0.5, 0.6) is 0 Å². The largest absolute Gasteiger partial charge is 0.398 e. The van der Waals surface area contributed by atoms with E-state index in [1.165, 1.54) is 19.3 Å². The van der Waals surface area contributed by atoms with Crippen LogP contribution in [-0.4, -0.2) is 23.4 Å². The van der Waals surface area contributed by atoms with Crippen LogP contribution in [0.3, 0.4) is 0 Å². The Morgan fingerprint density at radius 3 is 2.68 bits per heavy atom. The molecule has 2 N–H and O–H groups in total. The van der Waals surface area contributed by atoms with E-state index in [0.717, 1.165) is 43.4 Å². The van der Waals surface area contributed by atoms with Crippen LogP contribution in [0.15, 0.2) is 18.2 Å². The smallest absolute Gasteiger partial charge is 0.256 e. The summed E-state index contributed by atoms with van der Waals surface area (Å²) in [5.74, 6) is 0.164. The molecule has 1 amide bonds. The molecule has 2 aliphatic rings. The van der Waals surface area contributed by atoms with E-state index in [0.29, 0.717) is 11.7 Å². The molecule has 0 saturated heterocycles. The standard InChI is InChI=1S/C16H22N2O/c17-14-10-4-6-12-7-5-11-18(16(19)15(12)14)13-8-2-1-3-9-13/h4,6,10,13H,1-3,5,7-9,11,17H2. The zero-order valence-electron chi connectivity index (χ0n) is 11.4. The van der Waals surface area contributed by atoms with Gasteiger partial charge >= 0.3 is 0 Å². The molecule has 1 fully saturated rings. The molecule has 102 valence electrons. The van der Waals surface area contributed by atoms with Gasteiger partial charge in [0.1, 0.15) is 0 Å². The van der Waals surface area contributed by atoms with E-state index < -0.39 is 0 Å². The Kier molecular flexibility index (Phi) is 3.45. The van der Waals surface area contributed by atoms with E-state index in [-0.39, 0.29) is 5.91 Å². The van der Waals surface area contributed by atoms with Crippen LogP contribution >= 0.6 is 0 Å². The zero-order chi connectivity index (χ0) is 13.2. The van der Waals surface area contributed by atoms with Crippen molar-refractivity contribution in [3.63, 3.8) is 0 Å². The molecule has 0 unspecified atom stereocenters. The maximum Gasteiger partial charge on any atom is 0.256 e. The molecular formula is C16H22N2O. The number of carbonyl (C=O) groups excluding carboxylic acids is 1. The molecule has 0 atom stereocenters. The summed E-state index contributed by atoms with van der Waals surface area (Å²) in [6.07, 6.45) is 8.17. The van der Waals surface area contributed by atoms with E-state index in [2.05, 4.69) is 4.90 Å². The predicted molar refractivity (Wildman–Crippen MR) is 77.1 cm³/mol. The first-order valence-corrected chi connectivity index (χ1v) is 7.45. The zero-order valence-corrected chi connectivity index (χ0v) is 11.4. The highest BCUT2D eigenvalue weighted by molar-refractivity contribution is 6.01. The van der Waals surface area contributed by atoms with E-state index in [9.17, 15) is 4.79 Å². The highest BCUT2D eigenvalue weighted by atomic mass is 16.2. The van der Waals surface area contributed by atoms with Gasteiger partial charge in [-0.2, -0.15) is 0 Å². The minimum atomic E-state index is 0.164. The van der Waals surface area contributed by atoms with Gasteiger partial charge in [-0.05, 0) is 37.3 Å². The topological polar surface area (TPSA) is 46.3 Å². The second-order valence-corrected chi connectivity index (χ2v) is 5.78. The molecule has 1 aromatic rings. The number of benzene rings is 1. The van der Waals surface area contributed by atoms with Gasteiger partial charge in [-0.15, -0.1) is 0 Å². The lowest BCUT2D eigenvalue weighted by atomic mass is 9.93. The Labute approximate surface area is 114 Å². The molecule has 3 rings (SSSR count). The van der Waals surface area contributed by atoms with Crippen LogP contribution in [0.4, 0.5) is 5.69 Å². The number of amides is 1. The van der Waals surface area contributed by atoms with Crippen molar-refractivity contribution in [2.75, 3.05) is 12.3 Å². The highest BCUT2D eigenvalue weighted by Crippen LogP contribution is 2.29. The third-order valence-corrected chi connectivity index (χ3v) is 4.52. The minimum Gasteiger partial charge on any atom is -0.398 e. The number of anilines is 1. The van der Waals surface area contributed by atoms with Crippen molar-refractivity contribution in [1.29, 1.82) is 0 Å². The van der Waals surface area contributed by atoms with Crippen LogP contribution in [-0.2, 0) is 6.42 Å². The number of fused-ring (bicyclic) bond motifs is 1. The van der Waals surface area contributed by atoms with Crippen molar-refractivity contribution < 1.29 is 4.79 Å². The maximum atomic E-state index is 12.8. The van der Waals surface area contributed by atoms with Crippen LogP contribution in [0.1, 0.15) is 54.4 Å². The number of hydrogen-bond acceptors (Lipinski definition) is 2. The lowest BCUT2D eigenvalue weighted by Gasteiger charge is -2.34. The summed E-state index contributed by atoms with van der Waals surface area (Å²) >= 11 is 0. The maximum absolute atomic E-state index is 12.8.